The fourth-order valence-electron chi connectivity index (χ4n) is 9.08. The molecule has 5 rings (SSSR count). The maximum atomic E-state index is 12.0. The SMILES string of the molecule is CC(=O)O[C@@H]1CC[C@@]2(C)[C@H](CC[C@H]3[C@H]4CC[C@](O)(CCc5ccccc5)[C@]4(C)CC[C@@H]32)C1. The van der Waals surface area contributed by atoms with Gasteiger partial charge in [0.25, 0.3) is 0 Å². The number of hydrogen-bond donors (Lipinski definition) is 1. The van der Waals surface area contributed by atoms with Gasteiger partial charge in [0.05, 0.1) is 5.60 Å². The van der Waals surface area contributed by atoms with Crippen LogP contribution in [-0.2, 0) is 16.0 Å². The molecule has 1 aromatic rings. The molecule has 0 aromatic heterocycles. The lowest BCUT2D eigenvalue weighted by molar-refractivity contribution is -0.170. The minimum Gasteiger partial charge on any atom is -0.463 e. The minimum atomic E-state index is -0.525. The topological polar surface area (TPSA) is 46.5 Å². The van der Waals surface area contributed by atoms with Crippen molar-refractivity contribution in [1.82, 2.24) is 0 Å². The van der Waals surface area contributed by atoms with Crippen LogP contribution >= 0.6 is 0 Å². The largest absolute Gasteiger partial charge is 0.463 e. The van der Waals surface area contributed by atoms with Gasteiger partial charge in [-0.3, -0.25) is 4.79 Å². The van der Waals surface area contributed by atoms with Crippen molar-refractivity contribution in [3.8, 4) is 0 Å². The summed E-state index contributed by atoms with van der Waals surface area (Å²) in [6.07, 6.45) is 12.4. The summed E-state index contributed by atoms with van der Waals surface area (Å²) in [6.45, 7) is 6.53. The highest BCUT2D eigenvalue weighted by Gasteiger charge is 2.64. The monoisotopic (exact) mass is 438 g/mol. The standard InChI is InChI=1S/C29H42O3/c1-20(30)32-23-12-15-27(2)22(19-23)9-10-24-25(27)13-16-28(3)26(24)14-18-29(28,31)17-11-21-7-5-4-6-8-21/h4-8,22-26,31H,9-19H2,1-3H3/t22-,23-,24-,25+,26-,27+,28-,29-/m1/s1. The van der Waals surface area contributed by atoms with Gasteiger partial charge in [-0.25, -0.2) is 0 Å². The number of fused-ring (bicyclic) bond motifs is 5. The average Bonchev–Trinajstić information content (AvgIpc) is 3.04. The molecule has 0 saturated heterocycles. The Morgan fingerprint density at radius 3 is 2.50 bits per heavy atom. The van der Waals surface area contributed by atoms with Crippen LogP contribution in [0.15, 0.2) is 30.3 Å². The summed E-state index contributed by atoms with van der Waals surface area (Å²) in [6, 6.07) is 10.7. The van der Waals surface area contributed by atoms with Crippen molar-refractivity contribution in [2.75, 3.05) is 0 Å². The summed E-state index contributed by atoms with van der Waals surface area (Å²) in [5.74, 6) is 2.75. The summed E-state index contributed by atoms with van der Waals surface area (Å²) < 4.78 is 5.63. The molecule has 0 spiro atoms. The van der Waals surface area contributed by atoms with Gasteiger partial charge in [0, 0.05) is 6.92 Å². The molecule has 4 aliphatic carbocycles. The number of carbonyl (C=O) groups is 1. The zero-order chi connectivity index (χ0) is 22.6. The van der Waals surface area contributed by atoms with Crippen LogP contribution in [0.2, 0.25) is 0 Å². The Morgan fingerprint density at radius 2 is 1.75 bits per heavy atom. The minimum absolute atomic E-state index is 0.0566. The molecule has 3 heteroatoms. The second kappa shape index (κ2) is 8.15. The van der Waals surface area contributed by atoms with E-state index in [2.05, 4.69) is 44.2 Å². The zero-order valence-corrected chi connectivity index (χ0v) is 20.3. The number of carbonyl (C=O) groups excluding carboxylic acids is 1. The third-order valence-electron chi connectivity index (χ3n) is 10.9. The normalized spacial score (nSPS) is 45.4. The molecule has 4 aliphatic rings. The molecule has 0 bridgehead atoms. The van der Waals surface area contributed by atoms with E-state index in [-0.39, 0.29) is 17.5 Å². The quantitative estimate of drug-likeness (QED) is 0.559. The van der Waals surface area contributed by atoms with Gasteiger partial charge < -0.3 is 9.84 Å². The van der Waals surface area contributed by atoms with Crippen LogP contribution in [0, 0.1) is 34.5 Å². The van der Waals surface area contributed by atoms with Gasteiger partial charge in [0.1, 0.15) is 6.10 Å². The van der Waals surface area contributed by atoms with Crippen LogP contribution in [0.4, 0.5) is 0 Å². The van der Waals surface area contributed by atoms with E-state index < -0.39 is 5.60 Å². The highest BCUT2D eigenvalue weighted by atomic mass is 16.5. The molecule has 4 fully saturated rings. The number of benzene rings is 1. The maximum absolute atomic E-state index is 12.0. The summed E-state index contributed by atoms with van der Waals surface area (Å²) in [4.78, 5) is 11.5. The second-order valence-electron chi connectivity index (χ2n) is 12.2. The predicted octanol–water partition coefficient (Wildman–Crippen LogP) is 6.32. The molecule has 0 aliphatic heterocycles. The van der Waals surface area contributed by atoms with E-state index in [1.165, 1.54) is 44.1 Å². The van der Waals surface area contributed by atoms with Crippen molar-refractivity contribution < 1.29 is 14.6 Å². The molecule has 0 unspecified atom stereocenters. The smallest absolute Gasteiger partial charge is 0.302 e. The number of ether oxygens (including phenoxy) is 1. The first kappa shape index (κ1) is 22.4. The first-order valence-electron chi connectivity index (χ1n) is 13.2. The van der Waals surface area contributed by atoms with Crippen LogP contribution < -0.4 is 0 Å². The molecule has 0 heterocycles. The van der Waals surface area contributed by atoms with E-state index in [0.717, 1.165) is 43.9 Å². The molecular weight excluding hydrogens is 396 g/mol. The first-order chi connectivity index (χ1) is 15.3. The maximum Gasteiger partial charge on any atom is 0.302 e. The van der Waals surface area contributed by atoms with E-state index in [1.807, 2.05) is 0 Å². The molecular formula is C29H42O3. The average molecular weight is 439 g/mol. The third kappa shape index (κ3) is 3.54. The van der Waals surface area contributed by atoms with E-state index in [1.54, 1.807) is 6.92 Å². The van der Waals surface area contributed by atoms with Gasteiger partial charge >= 0.3 is 5.97 Å². The molecule has 1 aromatic carbocycles. The van der Waals surface area contributed by atoms with Gasteiger partial charge in [0.2, 0.25) is 0 Å². The highest BCUT2D eigenvalue weighted by molar-refractivity contribution is 5.66. The first-order valence-corrected chi connectivity index (χ1v) is 13.2. The lowest BCUT2D eigenvalue weighted by Gasteiger charge is -2.61. The number of aryl methyl sites for hydroxylation is 1. The highest BCUT2D eigenvalue weighted by Crippen LogP contribution is 2.68. The van der Waals surface area contributed by atoms with E-state index in [9.17, 15) is 9.90 Å². The van der Waals surface area contributed by atoms with Gasteiger partial charge in [-0.2, -0.15) is 0 Å². The van der Waals surface area contributed by atoms with Crippen molar-refractivity contribution in [2.24, 2.45) is 34.5 Å². The van der Waals surface area contributed by atoms with Crippen LogP contribution in [0.5, 0.6) is 0 Å². The Morgan fingerprint density at radius 1 is 1.00 bits per heavy atom. The van der Waals surface area contributed by atoms with Crippen molar-refractivity contribution in [3.05, 3.63) is 35.9 Å². The molecule has 3 nitrogen and oxygen atoms in total. The third-order valence-corrected chi connectivity index (χ3v) is 10.9. The Kier molecular flexibility index (Phi) is 5.72. The Hall–Kier alpha value is -1.35. The van der Waals surface area contributed by atoms with Crippen molar-refractivity contribution in [2.45, 2.75) is 103 Å². The summed E-state index contributed by atoms with van der Waals surface area (Å²) in [5.41, 5.74) is 1.26. The van der Waals surface area contributed by atoms with Crippen molar-refractivity contribution in [3.63, 3.8) is 0 Å². The van der Waals surface area contributed by atoms with Crippen LogP contribution in [-0.4, -0.2) is 22.8 Å². The molecule has 0 amide bonds. The van der Waals surface area contributed by atoms with Gasteiger partial charge in [-0.05, 0) is 111 Å². The van der Waals surface area contributed by atoms with Gasteiger partial charge in [-0.15, -0.1) is 0 Å². The number of esters is 1. The zero-order valence-electron chi connectivity index (χ0n) is 20.3. The Balaban J connectivity index is 1.31. The van der Waals surface area contributed by atoms with E-state index in [4.69, 9.17) is 4.74 Å². The second-order valence-corrected chi connectivity index (χ2v) is 12.2. The lowest BCUT2D eigenvalue weighted by Crippen LogP contribution is -2.57. The van der Waals surface area contributed by atoms with Crippen LogP contribution in [0.1, 0.15) is 90.5 Å². The Bertz CT molecular complexity index is 836. The molecule has 8 atom stereocenters. The lowest BCUT2D eigenvalue weighted by atomic mass is 9.44. The van der Waals surface area contributed by atoms with E-state index in [0.29, 0.717) is 17.3 Å². The summed E-state index contributed by atoms with van der Waals surface area (Å²) in [5, 5.41) is 12.0. The predicted molar refractivity (Wildman–Crippen MR) is 127 cm³/mol. The molecule has 1 N–H and O–H groups in total. The van der Waals surface area contributed by atoms with Crippen LogP contribution in [0.3, 0.4) is 0 Å². The Labute approximate surface area is 194 Å². The van der Waals surface area contributed by atoms with Crippen LogP contribution in [0.25, 0.3) is 0 Å². The van der Waals surface area contributed by atoms with Gasteiger partial charge in [0.15, 0.2) is 0 Å². The van der Waals surface area contributed by atoms with E-state index >= 15 is 0 Å². The van der Waals surface area contributed by atoms with Crippen molar-refractivity contribution in [1.29, 1.82) is 0 Å². The summed E-state index contributed by atoms with van der Waals surface area (Å²) >= 11 is 0. The fourth-order valence-corrected chi connectivity index (χ4v) is 9.08. The fraction of sp³-hybridized carbons (Fsp3) is 0.759. The van der Waals surface area contributed by atoms with Crippen molar-refractivity contribution >= 4 is 5.97 Å². The number of hydrogen-bond acceptors (Lipinski definition) is 3. The summed E-state index contributed by atoms with van der Waals surface area (Å²) in [7, 11) is 0. The molecule has 176 valence electrons. The molecule has 32 heavy (non-hydrogen) atoms. The molecule has 4 saturated carbocycles. The van der Waals surface area contributed by atoms with Gasteiger partial charge in [-0.1, -0.05) is 44.2 Å². The number of rotatable bonds is 4. The number of aliphatic hydroxyl groups is 1. The molecule has 0 radical (unpaired) electrons.